The zero-order chi connectivity index (χ0) is 56.9. The number of phosphoric ester groups is 1. The number of carbonyl (C=O) groups excluding carboxylic acids is 5. The van der Waals surface area contributed by atoms with E-state index in [0.717, 1.165) is 88.2 Å². The number of rotatable bonds is 46. The molecule has 3 amide bonds. The number of phosphoric acid groups is 1. The highest BCUT2D eigenvalue weighted by atomic mass is 31.2. The monoisotopic (exact) mass is 1120 g/mol. The molecule has 0 aromatic heterocycles. The number of unbranched alkanes of at least 4 members (excludes halogenated alkanes) is 22. The molecule has 0 aliphatic carbocycles. The van der Waals surface area contributed by atoms with Gasteiger partial charge in [0.1, 0.15) is 13.2 Å². The molecule has 2 aromatic rings. The number of para-hydroxylation sites is 1. The number of alkyl carbamates (subject to hydrolysis) is 1. The number of fused-ring (bicyclic) bond motifs is 2. The molecule has 16 heteroatoms. The Hall–Kier alpha value is -5.26. The molecule has 1 unspecified atom stereocenters. The number of carbonyl (C=O) groups is 5. The molecule has 0 saturated carbocycles. The first-order valence-corrected chi connectivity index (χ1v) is 31.4. The van der Waals surface area contributed by atoms with Crippen LogP contribution in [-0.4, -0.2) is 80.4 Å². The smallest absolute Gasteiger partial charge is 0.462 e. The van der Waals surface area contributed by atoms with Crippen molar-refractivity contribution in [3.8, 4) is 11.8 Å². The molecule has 0 bridgehead atoms. The van der Waals surface area contributed by atoms with Gasteiger partial charge < -0.3 is 34.6 Å². The fraction of sp³-hybridized carbons (Fsp3) is 0.635. The second-order valence-electron chi connectivity index (χ2n) is 20.4. The predicted octanol–water partition coefficient (Wildman–Crippen LogP) is 14.2. The molecule has 15 nitrogen and oxygen atoms in total. The van der Waals surface area contributed by atoms with E-state index in [1.807, 2.05) is 48.5 Å². The zero-order valence-corrected chi connectivity index (χ0v) is 48.9. The van der Waals surface area contributed by atoms with Crippen LogP contribution in [0.1, 0.15) is 223 Å². The molecule has 1 aliphatic heterocycles. The van der Waals surface area contributed by atoms with E-state index in [-0.39, 0.29) is 57.9 Å². The van der Waals surface area contributed by atoms with E-state index in [2.05, 4.69) is 60.6 Å². The van der Waals surface area contributed by atoms with Crippen LogP contribution in [0, 0.1) is 11.8 Å². The number of hydrogen-bond acceptors (Lipinski definition) is 11. The van der Waals surface area contributed by atoms with Gasteiger partial charge >= 0.3 is 25.9 Å². The Morgan fingerprint density at radius 1 is 0.570 bits per heavy atom. The van der Waals surface area contributed by atoms with Crippen molar-refractivity contribution in [3.05, 3.63) is 89.5 Å². The van der Waals surface area contributed by atoms with Gasteiger partial charge in [0.2, 0.25) is 11.8 Å². The van der Waals surface area contributed by atoms with Gasteiger partial charge in [0.25, 0.3) is 0 Å². The van der Waals surface area contributed by atoms with Crippen LogP contribution in [-0.2, 0) is 53.5 Å². The van der Waals surface area contributed by atoms with Crippen LogP contribution in [0.25, 0.3) is 0 Å². The lowest BCUT2D eigenvalue weighted by atomic mass is 10.0. The van der Waals surface area contributed by atoms with E-state index in [4.69, 9.17) is 23.3 Å². The van der Waals surface area contributed by atoms with Crippen molar-refractivity contribution in [2.75, 3.05) is 44.4 Å². The summed E-state index contributed by atoms with van der Waals surface area (Å²) < 4.78 is 39.1. The van der Waals surface area contributed by atoms with E-state index >= 15 is 0 Å². The standard InChI is InChI=1S/C63H96N3O12P/c1-3-5-7-9-11-13-15-17-19-21-23-25-27-29-31-41-61(69)75-52-57(78-62(70)42-32-30-28-26-24-22-20-18-16-14-12-10-8-6-4-2)53-77-79(72,73)76-50-48-65-63(71)74-49-47-64-59(67)45-46-60(68)66-51-56-39-34-33-37-54(56)43-44-55-38-35-36-40-58(55)66/h17-20,33-40,57H,3-16,21-32,41-42,45-53H2,1-2H3,(H,64,67)(H,65,71)(H,72,73)/b19-17-,20-18-/t57-/m1/s1. The maximum Gasteiger partial charge on any atom is 0.472 e. The lowest BCUT2D eigenvalue weighted by molar-refractivity contribution is -0.161. The van der Waals surface area contributed by atoms with Crippen molar-refractivity contribution in [2.24, 2.45) is 0 Å². The van der Waals surface area contributed by atoms with E-state index in [0.29, 0.717) is 30.6 Å². The summed E-state index contributed by atoms with van der Waals surface area (Å²) in [6, 6.07) is 15.0. The number of amides is 3. The first kappa shape index (κ1) is 68.0. The van der Waals surface area contributed by atoms with Gasteiger partial charge in [-0.15, -0.1) is 0 Å². The molecule has 0 spiro atoms. The maximum atomic E-state index is 13.4. The Kier molecular flexibility index (Phi) is 38.3. The summed E-state index contributed by atoms with van der Waals surface area (Å²) in [5.41, 5.74) is 3.13. The Morgan fingerprint density at radius 2 is 1.08 bits per heavy atom. The number of ether oxygens (including phenoxy) is 3. The number of anilines is 1. The quantitative estimate of drug-likeness (QED) is 0.0142. The Balaban J connectivity index is 1.32. The normalized spacial score (nSPS) is 13.1. The van der Waals surface area contributed by atoms with Crippen molar-refractivity contribution in [2.45, 2.75) is 219 Å². The molecule has 0 fully saturated rings. The molecule has 440 valence electrons. The van der Waals surface area contributed by atoms with Gasteiger partial charge in [-0.1, -0.05) is 183 Å². The third kappa shape index (κ3) is 34.5. The van der Waals surface area contributed by atoms with Crippen LogP contribution >= 0.6 is 7.82 Å². The number of allylic oxidation sites excluding steroid dienone is 4. The van der Waals surface area contributed by atoms with E-state index in [1.54, 1.807) is 4.90 Å². The van der Waals surface area contributed by atoms with Crippen LogP contribution in [0.4, 0.5) is 10.5 Å². The number of nitrogens with zero attached hydrogens (tertiary/aromatic N) is 1. The minimum atomic E-state index is -4.71. The lowest BCUT2D eigenvalue weighted by Gasteiger charge is -2.26. The molecule has 79 heavy (non-hydrogen) atoms. The van der Waals surface area contributed by atoms with Gasteiger partial charge in [0, 0.05) is 43.4 Å². The minimum absolute atomic E-state index is 0.0116. The first-order valence-electron chi connectivity index (χ1n) is 29.9. The van der Waals surface area contributed by atoms with Crippen molar-refractivity contribution >= 4 is 43.4 Å². The van der Waals surface area contributed by atoms with Crippen LogP contribution in [0.2, 0.25) is 0 Å². The largest absolute Gasteiger partial charge is 0.472 e. The Morgan fingerprint density at radius 3 is 1.68 bits per heavy atom. The van der Waals surface area contributed by atoms with Crippen molar-refractivity contribution in [1.29, 1.82) is 0 Å². The van der Waals surface area contributed by atoms with Crippen LogP contribution in [0.5, 0.6) is 0 Å². The van der Waals surface area contributed by atoms with Gasteiger partial charge in [-0.2, -0.15) is 0 Å². The van der Waals surface area contributed by atoms with E-state index in [1.165, 1.54) is 77.0 Å². The fourth-order valence-electron chi connectivity index (χ4n) is 8.86. The molecule has 1 aliphatic rings. The summed E-state index contributed by atoms with van der Waals surface area (Å²) in [6.45, 7) is 3.01. The van der Waals surface area contributed by atoms with Gasteiger partial charge in [-0.05, 0) is 88.0 Å². The predicted molar refractivity (Wildman–Crippen MR) is 313 cm³/mol. The molecule has 2 atom stereocenters. The number of nitrogens with one attached hydrogen (secondary N) is 2. The molecular weight excluding hydrogens is 1020 g/mol. The topological polar surface area (TPSA) is 196 Å². The van der Waals surface area contributed by atoms with Gasteiger partial charge in [-0.3, -0.25) is 28.2 Å². The first-order chi connectivity index (χ1) is 38.5. The van der Waals surface area contributed by atoms with Crippen molar-refractivity contribution < 1.29 is 56.7 Å². The zero-order valence-electron chi connectivity index (χ0n) is 48.0. The summed E-state index contributed by atoms with van der Waals surface area (Å²) >= 11 is 0. The summed E-state index contributed by atoms with van der Waals surface area (Å²) in [5.74, 6) is 4.72. The second-order valence-corrected chi connectivity index (χ2v) is 21.8. The summed E-state index contributed by atoms with van der Waals surface area (Å²) in [7, 11) is -4.71. The molecule has 0 radical (unpaired) electrons. The van der Waals surface area contributed by atoms with Gasteiger partial charge in [0.15, 0.2) is 6.10 Å². The molecule has 2 aromatic carbocycles. The van der Waals surface area contributed by atoms with Crippen molar-refractivity contribution in [1.82, 2.24) is 10.6 Å². The van der Waals surface area contributed by atoms with Gasteiger partial charge in [0.05, 0.1) is 32.0 Å². The highest BCUT2D eigenvalue weighted by Gasteiger charge is 2.27. The minimum Gasteiger partial charge on any atom is -0.462 e. The van der Waals surface area contributed by atoms with Crippen molar-refractivity contribution in [3.63, 3.8) is 0 Å². The van der Waals surface area contributed by atoms with E-state index < -0.39 is 51.1 Å². The highest BCUT2D eigenvalue weighted by Crippen LogP contribution is 2.43. The maximum absolute atomic E-state index is 13.4. The average molecular weight is 1120 g/mol. The third-order valence-corrected chi connectivity index (χ3v) is 14.4. The van der Waals surface area contributed by atoms with E-state index in [9.17, 15) is 33.4 Å². The molecular formula is C63H96N3O12P. The molecule has 3 N–H and O–H groups in total. The Bertz CT molecular complexity index is 2210. The summed E-state index contributed by atoms with van der Waals surface area (Å²) in [4.78, 5) is 76.0. The number of esters is 2. The highest BCUT2D eigenvalue weighted by molar-refractivity contribution is 7.47. The molecule has 3 rings (SSSR count). The Labute approximate surface area is 473 Å². The van der Waals surface area contributed by atoms with Crippen LogP contribution < -0.4 is 15.5 Å². The SMILES string of the molecule is CCCCCCCC/C=C\CCCCCCCC(=O)OC[C@H](COP(=O)(O)OCCNC(=O)OCCNC(=O)CCC(=O)N1Cc2ccccc2C#Cc2ccccc21)OC(=O)CCCCCCC/C=C\CCCCCCCC. The van der Waals surface area contributed by atoms with Gasteiger partial charge in [-0.25, -0.2) is 9.36 Å². The fourth-order valence-corrected chi connectivity index (χ4v) is 9.62. The summed E-state index contributed by atoms with van der Waals surface area (Å²) in [5, 5.41) is 5.03. The molecule has 0 saturated heterocycles. The second kappa shape index (κ2) is 44.5. The average Bonchev–Trinajstić information content (AvgIpc) is 3.48. The third-order valence-electron chi connectivity index (χ3n) is 13.5. The lowest BCUT2D eigenvalue weighted by Crippen LogP contribution is -2.34. The number of hydrogen-bond donors (Lipinski definition) is 3. The van der Waals surface area contributed by atoms with Crippen LogP contribution in [0.15, 0.2) is 72.8 Å². The number of benzene rings is 2. The summed E-state index contributed by atoms with van der Waals surface area (Å²) in [6.07, 6.45) is 36.8. The van der Waals surface area contributed by atoms with Crippen LogP contribution in [0.3, 0.4) is 0 Å². The molecule has 1 heterocycles.